The highest BCUT2D eigenvalue weighted by Gasteiger charge is 2.30. The summed E-state index contributed by atoms with van der Waals surface area (Å²) in [6.45, 7) is 2.05. The molecular formula is C19H19FN4S2. The van der Waals surface area contributed by atoms with Crippen LogP contribution in [0.1, 0.15) is 11.6 Å². The first-order valence-electron chi connectivity index (χ1n) is 8.42. The lowest BCUT2D eigenvalue weighted by molar-refractivity contribution is 0.464. The van der Waals surface area contributed by atoms with Gasteiger partial charge in [-0.2, -0.15) is 0 Å². The van der Waals surface area contributed by atoms with Gasteiger partial charge in [-0.05, 0) is 42.2 Å². The maximum absolute atomic E-state index is 13.4. The van der Waals surface area contributed by atoms with Crippen LogP contribution in [-0.2, 0) is 0 Å². The van der Waals surface area contributed by atoms with Crippen molar-refractivity contribution in [2.75, 3.05) is 30.4 Å². The summed E-state index contributed by atoms with van der Waals surface area (Å²) in [5, 5.41) is 5.23. The number of aliphatic imine (C=N–C) groups is 2. The number of halogens is 1. The molecule has 0 spiro atoms. The Morgan fingerprint density at radius 2 is 2.19 bits per heavy atom. The zero-order valence-corrected chi connectivity index (χ0v) is 16.0. The third kappa shape index (κ3) is 3.88. The summed E-state index contributed by atoms with van der Waals surface area (Å²) in [5.41, 5.74) is 2.76. The Kier molecular flexibility index (Phi) is 5.17. The van der Waals surface area contributed by atoms with E-state index in [1.807, 2.05) is 30.2 Å². The lowest BCUT2D eigenvalue weighted by Gasteiger charge is -2.14. The molecule has 0 radical (unpaired) electrons. The van der Waals surface area contributed by atoms with Crippen molar-refractivity contribution in [3.63, 3.8) is 0 Å². The van der Waals surface area contributed by atoms with Gasteiger partial charge in [-0.1, -0.05) is 41.7 Å². The number of nitrogens with zero attached hydrogens (tertiary/aromatic N) is 3. The van der Waals surface area contributed by atoms with Crippen molar-refractivity contribution in [2.45, 2.75) is 6.04 Å². The largest absolute Gasteiger partial charge is 0.348 e. The van der Waals surface area contributed by atoms with E-state index in [9.17, 15) is 4.39 Å². The third-order valence-corrected chi connectivity index (χ3v) is 5.87. The molecule has 2 aliphatic heterocycles. The van der Waals surface area contributed by atoms with Crippen LogP contribution in [0.3, 0.4) is 0 Å². The zero-order valence-electron chi connectivity index (χ0n) is 14.4. The van der Waals surface area contributed by atoms with Crippen LogP contribution in [0.5, 0.6) is 0 Å². The van der Waals surface area contributed by atoms with Crippen molar-refractivity contribution < 1.29 is 4.39 Å². The molecule has 2 heterocycles. The van der Waals surface area contributed by atoms with Gasteiger partial charge in [0.1, 0.15) is 5.82 Å². The predicted octanol–water partition coefficient (Wildman–Crippen LogP) is 4.75. The summed E-state index contributed by atoms with van der Waals surface area (Å²) in [6.07, 6.45) is 1.95. The fourth-order valence-electron chi connectivity index (χ4n) is 3.02. The fraction of sp³-hybridized carbons (Fsp3) is 0.263. The van der Waals surface area contributed by atoms with Crippen molar-refractivity contribution >= 4 is 45.2 Å². The summed E-state index contributed by atoms with van der Waals surface area (Å²) < 4.78 is 13.4. The first-order chi connectivity index (χ1) is 12.7. The molecule has 1 atom stereocenters. The Morgan fingerprint density at radius 1 is 1.31 bits per heavy atom. The molecule has 1 fully saturated rings. The Morgan fingerprint density at radius 3 is 3.00 bits per heavy atom. The molecule has 2 aliphatic rings. The van der Waals surface area contributed by atoms with Crippen LogP contribution in [-0.4, -0.2) is 40.3 Å². The van der Waals surface area contributed by atoms with Crippen LogP contribution in [0.4, 0.5) is 15.8 Å². The summed E-state index contributed by atoms with van der Waals surface area (Å²) >= 11 is 3.33. The number of nitrogens with one attached hydrogen (secondary N) is 1. The Labute approximate surface area is 161 Å². The van der Waals surface area contributed by atoms with Crippen LogP contribution >= 0.6 is 23.5 Å². The monoisotopic (exact) mass is 386 g/mol. The second-order valence-electron chi connectivity index (χ2n) is 6.07. The van der Waals surface area contributed by atoms with E-state index in [4.69, 9.17) is 4.99 Å². The summed E-state index contributed by atoms with van der Waals surface area (Å²) in [6, 6.07) is 14.8. The summed E-state index contributed by atoms with van der Waals surface area (Å²) in [7, 11) is 0. The molecule has 0 bridgehead atoms. The number of hydrogen-bond donors (Lipinski definition) is 1. The first-order valence-corrected chi connectivity index (χ1v) is 10.6. The molecule has 134 valence electrons. The molecule has 1 unspecified atom stereocenters. The van der Waals surface area contributed by atoms with E-state index in [2.05, 4.69) is 27.3 Å². The maximum Gasteiger partial charge on any atom is 0.165 e. The van der Waals surface area contributed by atoms with E-state index in [0.29, 0.717) is 5.69 Å². The lowest BCUT2D eigenvalue weighted by Crippen LogP contribution is -2.21. The number of thioether (sulfide) groups is 2. The molecular weight excluding hydrogens is 367 g/mol. The third-order valence-electron chi connectivity index (χ3n) is 4.28. The molecule has 0 aromatic heterocycles. The van der Waals surface area contributed by atoms with E-state index in [-0.39, 0.29) is 11.9 Å². The lowest BCUT2D eigenvalue weighted by atomic mass is 10.1. The van der Waals surface area contributed by atoms with Crippen LogP contribution in [0.2, 0.25) is 0 Å². The van der Waals surface area contributed by atoms with Gasteiger partial charge < -0.3 is 10.2 Å². The van der Waals surface area contributed by atoms with Gasteiger partial charge in [-0.25, -0.2) is 9.38 Å². The highest BCUT2D eigenvalue weighted by molar-refractivity contribution is 8.14. The molecule has 1 saturated heterocycles. The van der Waals surface area contributed by atoms with Crippen molar-refractivity contribution in [2.24, 2.45) is 9.98 Å². The second kappa shape index (κ2) is 7.72. The Hall–Kier alpha value is -1.99. The minimum Gasteiger partial charge on any atom is -0.348 e. The molecule has 2 aromatic rings. The smallest absolute Gasteiger partial charge is 0.165 e. The van der Waals surface area contributed by atoms with E-state index in [0.717, 1.165) is 29.7 Å². The quantitative estimate of drug-likeness (QED) is 0.611. The van der Waals surface area contributed by atoms with Gasteiger partial charge >= 0.3 is 0 Å². The van der Waals surface area contributed by atoms with Gasteiger partial charge in [-0.3, -0.25) is 4.99 Å². The molecule has 7 heteroatoms. The molecule has 1 N–H and O–H groups in total. The maximum atomic E-state index is 13.4. The van der Waals surface area contributed by atoms with Crippen molar-refractivity contribution in [1.29, 1.82) is 0 Å². The van der Waals surface area contributed by atoms with Crippen molar-refractivity contribution in [3.8, 4) is 0 Å². The van der Waals surface area contributed by atoms with Gasteiger partial charge in [-0.15, -0.1) is 0 Å². The normalized spacial score (nSPS) is 19.5. The van der Waals surface area contributed by atoms with Gasteiger partial charge in [0.2, 0.25) is 0 Å². The Bertz CT molecular complexity index is 868. The molecule has 0 aliphatic carbocycles. The van der Waals surface area contributed by atoms with Gasteiger partial charge in [0.05, 0.1) is 11.7 Å². The van der Waals surface area contributed by atoms with E-state index in [1.165, 1.54) is 34.6 Å². The number of fused-ring (bicyclic) bond motifs is 1. The van der Waals surface area contributed by atoms with Gasteiger partial charge in [0, 0.05) is 24.5 Å². The highest BCUT2D eigenvalue weighted by atomic mass is 32.2. The standard InChI is InChI=1S/C19H19FN4S2/c1-25-18(22-16-7-3-5-14(20)11-16)21-15-6-2-4-13(10-15)17-12-24-8-9-26-19(24)23-17/h2-7,10-11,17H,8-9,12H2,1H3,(H,21,22). The number of amidine groups is 2. The summed E-state index contributed by atoms with van der Waals surface area (Å²) in [4.78, 5) is 11.7. The molecule has 4 rings (SSSR count). The molecule has 2 aromatic carbocycles. The number of anilines is 1. The van der Waals surface area contributed by atoms with Gasteiger partial charge in [0.25, 0.3) is 0 Å². The van der Waals surface area contributed by atoms with E-state index in [1.54, 1.807) is 12.1 Å². The average molecular weight is 387 g/mol. The topological polar surface area (TPSA) is 40.0 Å². The van der Waals surface area contributed by atoms with E-state index >= 15 is 0 Å². The minimum absolute atomic E-state index is 0.192. The number of rotatable bonds is 3. The number of hydrogen-bond acceptors (Lipinski definition) is 5. The fourth-order valence-corrected chi connectivity index (χ4v) is 4.48. The van der Waals surface area contributed by atoms with Crippen LogP contribution < -0.4 is 5.32 Å². The van der Waals surface area contributed by atoms with Crippen LogP contribution in [0.25, 0.3) is 0 Å². The Balaban J connectivity index is 1.52. The molecule has 0 saturated carbocycles. The molecule has 0 amide bonds. The molecule has 4 nitrogen and oxygen atoms in total. The van der Waals surface area contributed by atoms with E-state index < -0.39 is 0 Å². The van der Waals surface area contributed by atoms with Gasteiger partial charge in [0.15, 0.2) is 10.3 Å². The minimum atomic E-state index is -0.285. The van der Waals surface area contributed by atoms with Crippen molar-refractivity contribution in [3.05, 3.63) is 59.9 Å². The van der Waals surface area contributed by atoms with Crippen LogP contribution in [0, 0.1) is 5.82 Å². The highest BCUT2D eigenvalue weighted by Crippen LogP contribution is 2.33. The van der Waals surface area contributed by atoms with Crippen LogP contribution in [0.15, 0.2) is 58.5 Å². The summed E-state index contributed by atoms with van der Waals surface area (Å²) in [5.74, 6) is 0.855. The second-order valence-corrected chi connectivity index (χ2v) is 7.93. The van der Waals surface area contributed by atoms with Crippen molar-refractivity contribution in [1.82, 2.24) is 4.90 Å². The zero-order chi connectivity index (χ0) is 17.9. The average Bonchev–Trinajstić information content (AvgIpc) is 3.23. The predicted molar refractivity (Wildman–Crippen MR) is 111 cm³/mol. The SMILES string of the molecule is CSC(=Nc1cccc(F)c1)Nc1cccc(C2CN3CCSC3=N2)c1. The number of benzene rings is 2. The molecule has 26 heavy (non-hydrogen) atoms. The first kappa shape index (κ1) is 17.4.